The Morgan fingerprint density at radius 2 is 1.46 bits per heavy atom. The summed E-state index contributed by atoms with van der Waals surface area (Å²) in [4.78, 5) is 52.4. The van der Waals surface area contributed by atoms with Crippen LogP contribution in [0.15, 0.2) is 59.4 Å². The lowest BCUT2D eigenvalue weighted by atomic mass is 9.83. The van der Waals surface area contributed by atoms with Crippen molar-refractivity contribution >= 4 is 39.1 Å². The van der Waals surface area contributed by atoms with Crippen molar-refractivity contribution < 1.29 is 14.5 Å². The summed E-state index contributed by atoms with van der Waals surface area (Å²) in [6, 6.07) is 13.4. The molecule has 1 aliphatic carbocycles. The zero-order valence-electron chi connectivity index (χ0n) is 14.2. The number of fused-ring (bicyclic) bond motifs is 5. The molecule has 0 amide bonds. The third-order valence-electron chi connectivity index (χ3n) is 5.06. The van der Waals surface area contributed by atoms with Crippen molar-refractivity contribution in [2.24, 2.45) is 0 Å². The fourth-order valence-corrected chi connectivity index (χ4v) is 3.73. The predicted molar refractivity (Wildman–Crippen MR) is 102 cm³/mol. The van der Waals surface area contributed by atoms with Gasteiger partial charge >= 0.3 is 0 Å². The maximum absolute atomic E-state index is 13.1. The van der Waals surface area contributed by atoms with E-state index in [0.29, 0.717) is 5.56 Å². The van der Waals surface area contributed by atoms with E-state index in [1.54, 1.807) is 24.3 Å². The third kappa shape index (κ3) is 2.01. The summed E-state index contributed by atoms with van der Waals surface area (Å²) >= 11 is 0. The number of benzene rings is 3. The van der Waals surface area contributed by atoms with Crippen LogP contribution in [0.5, 0.6) is 0 Å². The number of nitro groups is 1. The van der Waals surface area contributed by atoms with E-state index in [4.69, 9.17) is 0 Å². The quantitative estimate of drug-likeness (QED) is 0.276. The summed E-state index contributed by atoms with van der Waals surface area (Å²) in [5.74, 6) is -0.664. The molecule has 0 saturated heterocycles. The first-order valence-corrected chi connectivity index (χ1v) is 8.43. The number of hydrogen-bond acceptors (Lipinski definition) is 5. The van der Waals surface area contributed by atoms with Crippen LogP contribution in [0.3, 0.4) is 0 Å². The standard InChI is InChI=1S/C21H10N2O5/c24-19-11-3-1-2-4-12(11)21(26)17-14(19)7-8-15-18(17)22-16-9-10(23(27)28)5-6-13(16)20(15)25/h1-9H,(H,22,25). The van der Waals surface area contributed by atoms with Gasteiger partial charge in [-0.15, -0.1) is 0 Å². The Kier molecular flexibility index (Phi) is 3.12. The van der Waals surface area contributed by atoms with Gasteiger partial charge in [0.15, 0.2) is 17.0 Å². The van der Waals surface area contributed by atoms with E-state index in [9.17, 15) is 24.5 Å². The van der Waals surface area contributed by atoms with E-state index in [1.165, 1.54) is 30.3 Å². The lowest BCUT2D eigenvalue weighted by Crippen LogP contribution is -2.22. The second kappa shape index (κ2) is 5.43. The van der Waals surface area contributed by atoms with Crippen molar-refractivity contribution in [3.05, 3.63) is 97.2 Å². The molecule has 0 spiro atoms. The average molecular weight is 370 g/mol. The fraction of sp³-hybridized carbons (Fsp3) is 0. The molecule has 5 rings (SSSR count). The number of rotatable bonds is 1. The Morgan fingerprint density at radius 3 is 2.18 bits per heavy atom. The lowest BCUT2D eigenvalue weighted by molar-refractivity contribution is -0.384. The van der Waals surface area contributed by atoms with Crippen molar-refractivity contribution in [3.63, 3.8) is 0 Å². The van der Waals surface area contributed by atoms with Crippen LogP contribution in [0, 0.1) is 10.1 Å². The number of nitrogens with zero attached hydrogens (tertiary/aromatic N) is 1. The molecule has 7 nitrogen and oxygen atoms in total. The summed E-state index contributed by atoms with van der Waals surface area (Å²) < 4.78 is 0. The number of nitro benzene ring substituents is 1. The van der Waals surface area contributed by atoms with E-state index in [-0.39, 0.29) is 61.2 Å². The van der Waals surface area contributed by atoms with E-state index < -0.39 is 4.92 Å². The minimum absolute atomic E-state index is 0.117. The minimum Gasteiger partial charge on any atom is -0.353 e. The maximum atomic E-state index is 13.1. The highest BCUT2D eigenvalue weighted by Crippen LogP contribution is 2.32. The van der Waals surface area contributed by atoms with E-state index in [1.807, 2.05) is 0 Å². The summed E-state index contributed by atoms with van der Waals surface area (Å²) in [5, 5.41) is 11.6. The van der Waals surface area contributed by atoms with Gasteiger partial charge in [-0.05, 0) is 18.2 Å². The van der Waals surface area contributed by atoms with Crippen LogP contribution >= 0.6 is 0 Å². The van der Waals surface area contributed by atoms with Crippen LogP contribution < -0.4 is 5.43 Å². The van der Waals surface area contributed by atoms with Crippen LogP contribution in [0.4, 0.5) is 5.69 Å². The first-order valence-electron chi connectivity index (χ1n) is 8.43. The lowest BCUT2D eigenvalue weighted by Gasteiger charge is -2.19. The second-order valence-electron chi connectivity index (χ2n) is 6.56. The molecule has 1 aromatic heterocycles. The molecule has 0 unspecified atom stereocenters. The fourth-order valence-electron chi connectivity index (χ4n) is 3.73. The van der Waals surface area contributed by atoms with Crippen molar-refractivity contribution in [1.29, 1.82) is 0 Å². The maximum Gasteiger partial charge on any atom is 0.271 e. The molecule has 0 atom stereocenters. The third-order valence-corrected chi connectivity index (χ3v) is 5.06. The molecule has 0 aliphatic heterocycles. The molecule has 7 heteroatoms. The minimum atomic E-state index is -0.562. The van der Waals surface area contributed by atoms with Crippen LogP contribution in [0.1, 0.15) is 31.8 Å². The van der Waals surface area contributed by atoms with Crippen molar-refractivity contribution in [3.8, 4) is 0 Å². The van der Waals surface area contributed by atoms with Crippen LogP contribution in [-0.4, -0.2) is 21.5 Å². The molecule has 0 saturated carbocycles. The van der Waals surface area contributed by atoms with E-state index in [2.05, 4.69) is 4.98 Å². The van der Waals surface area contributed by atoms with Crippen molar-refractivity contribution in [1.82, 2.24) is 4.98 Å². The Hall–Kier alpha value is -4.13. The first kappa shape index (κ1) is 16.1. The van der Waals surface area contributed by atoms with Gasteiger partial charge in [-0.2, -0.15) is 0 Å². The highest BCUT2D eigenvalue weighted by molar-refractivity contribution is 6.31. The Labute approximate surface area is 156 Å². The Morgan fingerprint density at radius 1 is 0.786 bits per heavy atom. The van der Waals surface area contributed by atoms with Crippen molar-refractivity contribution in [2.75, 3.05) is 0 Å². The van der Waals surface area contributed by atoms with Crippen LogP contribution in [-0.2, 0) is 0 Å². The van der Waals surface area contributed by atoms with Gasteiger partial charge in [-0.25, -0.2) is 0 Å². The number of H-pyrrole nitrogens is 1. The van der Waals surface area contributed by atoms with Gasteiger partial charge in [0.2, 0.25) is 0 Å². The molecule has 134 valence electrons. The molecule has 0 radical (unpaired) electrons. The van der Waals surface area contributed by atoms with Gasteiger partial charge in [-0.1, -0.05) is 24.3 Å². The molecule has 1 heterocycles. The molecular formula is C21H10N2O5. The normalized spacial score (nSPS) is 12.9. The summed E-state index contributed by atoms with van der Waals surface area (Å²) in [6.45, 7) is 0. The molecule has 3 aromatic carbocycles. The summed E-state index contributed by atoms with van der Waals surface area (Å²) in [5.41, 5.74) is 0.817. The van der Waals surface area contributed by atoms with E-state index in [0.717, 1.165) is 0 Å². The number of nitrogens with one attached hydrogen (secondary N) is 1. The molecule has 4 aromatic rings. The Balaban J connectivity index is 1.92. The zero-order chi connectivity index (χ0) is 19.6. The molecule has 0 bridgehead atoms. The number of aromatic amines is 1. The van der Waals surface area contributed by atoms with Gasteiger partial charge < -0.3 is 4.98 Å². The van der Waals surface area contributed by atoms with Crippen molar-refractivity contribution in [2.45, 2.75) is 0 Å². The molecule has 0 fully saturated rings. The summed E-state index contributed by atoms with van der Waals surface area (Å²) in [7, 11) is 0. The highest BCUT2D eigenvalue weighted by atomic mass is 16.6. The van der Waals surface area contributed by atoms with Crippen LogP contribution in [0.2, 0.25) is 0 Å². The monoisotopic (exact) mass is 370 g/mol. The number of aromatic nitrogens is 1. The number of carbonyl (C=O) groups excluding carboxylic acids is 2. The SMILES string of the molecule is O=C1c2ccccc2C(=O)c2c1ccc1c(=O)c3ccc([N+](=O)[O-])cc3[nH]c21. The zero-order valence-corrected chi connectivity index (χ0v) is 14.2. The smallest absolute Gasteiger partial charge is 0.271 e. The molecule has 1 aliphatic rings. The topological polar surface area (TPSA) is 110 Å². The summed E-state index contributed by atoms with van der Waals surface area (Å²) in [6.07, 6.45) is 0. The van der Waals surface area contributed by atoms with E-state index >= 15 is 0 Å². The number of non-ortho nitro benzene ring substituents is 1. The molecule has 1 N–H and O–H groups in total. The predicted octanol–water partition coefficient (Wildman–Crippen LogP) is 3.36. The molecular weight excluding hydrogens is 360 g/mol. The van der Waals surface area contributed by atoms with Gasteiger partial charge in [0, 0.05) is 39.6 Å². The number of hydrogen-bond donors (Lipinski definition) is 1. The first-order chi connectivity index (χ1) is 13.5. The number of pyridine rings is 1. The highest BCUT2D eigenvalue weighted by Gasteiger charge is 2.31. The van der Waals surface area contributed by atoms with Gasteiger partial charge in [-0.3, -0.25) is 24.5 Å². The second-order valence-corrected chi connectivity index (χ2v) is 6.56. The van der Waals surface area contributed by atoms with Gasteiger partial charge in [0.25, 0.3) is 5.69 Å². The van der Waals surface area contributed by atoms with Gasteiger partial charge in [0.1, 0.15) is 0 Å². The van der Waals surface area contributed by atoms with Gasteiger partial charge in [0.05, 0.1) is 21.5 Å². The molecule has 28 heavy (non-hydrogen) atoms. The largest absolute Gasteiger partial charge is 0.353 e. The van der Waals surface area contributed by atoms with Crippen LogP contribution in [0.25, 0.3) is 21.8 Å². The number of ketones is 2. The average Bonchev–Trinajstić information content (AvgIpc) is 2.71. The Bertz CT molecular complexity index is 1450. The number of carbonyl (C=O) groups is 2.